The van der Waals surface area contributed by atoms with E-state index in [9.17, 15) is 4.79 Å². The first kappa shape index (κ1) is 41.7. The summed E-state index contributed by atoms with van der Waals surface area (Å²) in [5.41, 5.74) is 9.25. The maximum atomic E-state index is 16.5. The van der Waals surface area contributed by atoms with E-state index in [1.165, 1.54) is 4.40 Å². The van der Waals surface area contributed by atoms with Gasteiger partial charge in [-0.1, -0.05) is 144 Å². The van der Waals surface area contributed by atoms with Gasteiger partial charge in [-0.2, -0.15) is 0 Å². The first-order valence-electron chi connectivity index (χ1n) is 22.2. The molecule has 0 saturated heterocycles. The van der Waals surface area contributed by atoms with Crippen molar-refractivity contribution in [1.29, 1.82) is 0 Å². The van der Waals surface area contributed by atoms with Crippen LogP contribution in [0.25, 0.3) is 83.6 Å². The van der Waals surface area contributed by atoms with Crippen molar-refractivity contribution in [3.63, 3.8) is 0 Å². The van der Waals surface area contributed by atoms with Crippen molar-refractivity contribution in [3.8, 4) is 50.8 Å². The first-order chi connectivity index (χ1) is 33.1. The van der Waals surface area contributed by atoms with E-state index in [1.807, 2.05) is 155 Å². The van der Waals surface area contributed by atoms with Crippen LogP contribution in [0.5, 0.6) is 5.75 Å². The van der Waals surface area contributed by atoms with Crippen molar-refractivity contribution in [2.45, 2.75) is 27.7 Å². The number of hydrogen-bond donors (Lipinski definition) is 0. The van der Waals surface area contributed by atoms with Crippen LogP contribution in [0.15, 0.2) is 175 Å². The third-order valence-electron chi connectivity index (χ3n) is 12.2. The van der Waals surface area contributed by atoms with Gasteiger partial charge in [-0.05, 0) is 76.2 Å². The van der Waals surface area contributed by atoms with Gasteiger partial charge in [0.1, 0.15) is 22.6 Å². The Kier molecular flexibility index (Phi) is 10.3. The Bertz CT molecular complexity index is 3900. The van der Waals surface area contributed by atoms with Crippen LogP contribution in [0.3, 0.4) is 0 Å². The summed E-state index contributed by atoms with van der Waals surface area (Å²) in [7, 11) is 0. The molecule has 326 valence electrons. The number of carbonyl (C=O) groups is 2. The molecule has 0 aliphatic carbocycles. The van der Waals surface area contributed by atoms with Gasteiger partial charge in [0.25, 0.3) is 5.56 Å². The Morgan fingerprint density at radius 1 is 0.441 bits per heavy atom. The molecular formula is C58H40N6O4. The summed E-state index contributed by atoms with van der Waals surface area (Å²) < 4.78 is 8.16. The lowest BCUT2D eigenvalue weighted by Gasteiger charge is -2.22. The standard InChI is InChI=1S/C58H40N6O4/c1-33-17-25-37(26-18-33)49-52(61-43-13-7-5-11-41(43)59-49)47-56(68-58(67)40-31-23-36(4)24-32-40)48(55(65)53-50(38-27-19-34(2)20-28-38)60-42-12-6-8-14-44(42)62-53)54-51(39-29-21-35(3)22-30-39)63-45-15-9-10-16-46(45)64(54)57(47)66/h5-32H,1-4H3. The van der Waals surface area contributed by atoms with Gasteiger partial charge in [0.2, 0.25) is 5.78 Å². The summed E-state index contributed by atoms with van der Waals surface area (Å²) in [6, 6.07) is 51.9. The lowest BCUT2D eigenvalue weighted by molar-refractivity contribution is 0.0733. The zero-order chi connectivity index (χ0) is 46.6. The van der Waals surface area contributed by atoms with Crippen LogP contribution >= 0.6 is 0 Å². The van der Waals surface area contributed by atoms with Crippen LogP contribution in [-0.2, 0) is 0 Å². The number of carbonyl (C=O) groups excluding carboxylic acids is 2. The summed E-state index contributed by atoms with van der Waals surface area (Å²) >= 11 is 0. The van der Waals surface area contributed by atoms with Crippen LogP contribution in [0.2, 0.25) is 0 Å². The third-order valence-corrected chi connectivity index (χ3v) is 12.2. The van der Waals surface area contributed by atoms with E-state index in [1.54, 1.807) is 42.5 Å². The van der Waals surface area contributed by atoms with Gasteiger partial charge in [0.05, 0.1) is 61.1 Å². The Morgan fingerprint density at radius 2 is 0.853 bits per heavy atom. The van der Waals surface area contributed by atoms with Gasteiger partial charge < -0.3 is 4.74 Å². The molecule has 4 aromatic heterocycles. The summed E-state index contributed by atoms with van der Waals surface area (Å²) in [4.78, 5) is 73.4. The fourth-order valence-corrected chi connectivity index (χ4v) is 8.58. The van der Waals surface area contributed by atoms with E-state index < -0.39 is 17.3 Å². The van der Waals surface area contributed by atoms with Crippen molar-refractivity contribution in [2.75, 3.05) is 0 Å². The van der Waals surface area contributed by atoms with Crippen molar-refractivity contribution in [2.24, 2.45) is 0 Å². The number of aromatic nitrogens is 6. The number of ether oxygens (including phenoxy) is 1. The van der Waals surface area contributed by atoms with E-state index in [2.05, 4.69) is 0 Å². The number of fused-ring (bicyclic) bond motifs is 5. The smallest absolute Gasteiger partial charge is 0.343 e. The van der Waals surface area contributed by atoms with Gasteiger partial charge >= 0.3 is 5.97 Å². The second-order valence-corrected chi connectivity index (χ2v) is 17.0. The highest BCUT2D eigenvalue weighted by Gasteiger charge is 2.35. The maximum absolute atomic E-state index is 16.5. The maximum Gasteiger partial charge on any atom is 0.343 e. The minimum atomic E-state index is -0.802. The molecule has 0 spiro atoms. The van der Waals surface area contributed by atoms with Crippen LogP contribution in [0.4, 0.5) is 0 Å². The largest absolute Gasteiger partial charge is 0.421 e. The second kappa shape index (κ2) is 16.8. The normalized spacial score (nSPS) is 11.4. The molecule has 0 amide bonds. The summed E-state index contributed by atoms with van der Waals surface area (Å²) in [6.07, 6.45) is 0. The van der Waals surface area contributed by atoms with Crippen molar-refractivity contribution < 1.29 is 14.3 Å². The van der Waals surface area contributed by atoms with Crippen LogP contribution < -0.4 is 10.3 Å². The topological polar surface area (TPSA) is 129 Å². The molecule has 0 saturated carbocycles. The van der Waals surface area contributed by atoms with Gasteiger partial charge in [-0.15, -0.1) is 0 Å². The van der Waals surface area contributed by atoms with E-state index >= 15 is 9.59 Å². The molecule has 11 aromatic rings. The first-order valence-corrected chi connectivity index (χ1v) is 22.2. The number of aryl methyl sites for hydroxylation is 4. The predicted octanol–water partition coefficient (Wildman–Crippen LogP) is 12.1. The number of rotatable bonds is 8. The molecule has 10 nitrogen and oxygen atoms in total. The molecule has 68 heavy (non-hydrogen) atoms. The summed E-state index contributed by atoms with van der Waals surface area (Å²) in [5, 5.41) is 0. The molecule has 7 aromatic carbocycles. The van der Waals surface area contributed by atoms with Gasteiger partial charge in [0.15, 0.2) is 5.75 Å². The molecule has 0 aliphatic heterocycles. The average Bonchev–Trinajstić information content (AvgIpc) is 3.36. The molecule has 0 aliphatic rings. The molecule has 0 bridgehead atoms. The second-order valence-electron chi connectivity index (χ2n) is 17.0. The highest BCUT2D eigenvalue weighted by atomic mass is 16.5. The summed E-state index contributed by atoms with van der Waals surface area (Å²) in [5.74, 6) is -1.79. The number of esters is 1. The van der Waals surface area contributed by atoms with E-state index in [-0.39, 0.29) is 39.3 Å². The number of benzene rings is 7. The van der Waals surface area contributed by atoms with Gasteiger partial charge in [0, 0.05) is 16.7 Å². The number of nitrogens with zero attached hydrogens (tertiary/aromatic N) is 6. The third kappa shape index (κ3) is 7.34. The van der Waals surface area contributed by atoms with Crippen molar-refractivity contribution >= 4 is 50.4 Å². The van der Waals surface area contributed by atoms with Crippen LogP contribution in [-0.4, -0.2) is 41.1 Å². The molecule has 0 N–H and O–H groups in total. The highest BCUT2D eigenvalue weighted by Crippen LogP contribution is 2.43. The molecule has 0 radical (unpaired) electrons. The molecular weight excluding hydrogens is 845 g/mol. The Balaban J connectivity index is 1.36. The lowest BCUT2D eigenvalue weighted by atomic mass is 9.94. The quantitative estimate of drug-likeness (QED) is 0.0831. The number of pyridine rings is 1. The Labute approximate surface area is 390 Å². The van der Waals surface area contributed by atoms with Crippen molar-refractivity contribution in [3.05, 3.63) is 219 Å². The number of hydrogen-bond acceptors (Lipinski definition) is 9. The zero-order valence-corrected chi connectivity index (χ0v) is 37.5. The SMILES string of the molecule is Cc1ccc(C(=O)Oc2c(-c3nc4ccccc4nc3-c3ccc(C)cc3)c(=O)n3c(c(-c4ccc(C)cc4)nc4ccccc43)c2C(=O)c2nc3ccccc3nc2-c2ccc(C)cc2)cc1. The number of para-hydroxylation sites is 6. The van der Waals surface area contributed by atoms with E-state index in [0.717, 1.165) is 22.3 Å². The molecule has 0 unspecified atom stereocenters. The molecule has 0 fully saturated rings. The predicted molar refractivity (Wildman–Crippen MR) is 267 cm³/mol. The fourth-order valence-electron chi connectivity index (χ4n) is 8.58. The van der Waals surface area contributed by atoms with Crippen molar-refractivity contribution in [1.82, 2.24) is 29.3 Å². The highest BCUT2D eigenvalue weighted by molar-refractivity contribution is 6.20. The minimum absolute atomic E-state index is 0.0296. The Hall–Kier alpha value is -9.02. The Morgan fingerprint density at radius 3 is 1.40 bits per heavy atom. The monoisotopic (exact) mass is 884 g/mol. The molecule has 0 atom stereocenters. The minimum Gasteiger partial charge on any atom is -0.421 e. The number of ketones is 1. The van der Waals surface area contributed by atoms with Gasteiger partial charge in [-0.25, -0.2) is 29.7 Å². The average molecular weight is 885 g/mol. The van der Waals surface area contributed by atoms with Crippen LogP contribution in [0.1, 0.15) is 48.7 Å². The van der Waals surface area contributed by atoms with Gasteiger partial charge in [-0.3, -0.25) is 14.0 Å². The van der Waals surface area contributed by atoms with E-state index in [4.69, 9.17) is 29.7 Å². The zero-order valence-electron chi connectivity index (χ0n) is 37.5. The van der Waals surface area contributed by atoms with E-state index in [0.29, 0.717) is 66.9 Å². The molecule has 11 rings (SSSR count). The lowest BCUT2D eigenvalue weighted by Crippen LogP contribution is -2.26. The van der Waals surface area contributed by atoms with Crippen LogP contribution in [0, 0.1) is 27.7 Å². The fraction of sp³-hybridized carbons (Fsp3) is 0.0690. The molecule has 10 heteroatoms. The summed E-state index contributed by atoms with van der Waals surface area (Å²) in [6.45, 7) is 7.86. The molecule has 4 heterocycles.